The molecule has 0 saturated carbocycles. The summed E-state index contributed by atoms with van der Waals surface area (Å²) in [4.78, 5) is 4.36. The van der Waals surface area contributed by atoms with Gasteiger partial charge in [0.15, 0.2) is 0 Å². The van der Waals surface area contributed by atoms with Crippen molar-refractivity contribution in [1.82, 2.24) is 0 Å². The molecule has 1 fully saturated rings. The second kappa shape index (κ2) is 3.93. The van der Waals surface area contributed by atoms with E-state index >= 15 is 0 Å². The van der Waals surface area contributed by atoms with Crippen LogP contribution in [0.15, 0.2) is 17.1 Å². The molecule has 0 spiro atoms. The van der Waals surface area contributed by atoms with Crippen molar-refractivity contribution >= 4 is 18.8 Å². The van der Waals surface area contributed by atoms with Crippen LogP contribution in [0.1, 0.15) is 44.4 Å². The van der Waals surface area contributed by atoms with Gasteiger partial charge >= 0.3 is 7.12 Å². The summed E-state index contributed by atoms with van der Waals surface area (Å²) in [6, 6.07) is 4.28. The van der Waals surface area contributed by atoms with Crippen molar-refractivity contribution in [3.8, 4) is 0 Å². The Morgan fingerprint density at radius 2 is 1.74 bits per heavy atom. The van der Waals surface area contributed by atoms with Crippen LogP contribution < -0.4 is 5.46 Å². The maximum Gasteiger partial charge on any atom is 0.495 e. The van der Waals surface area contributed by atoms with Gasteiger partial charge in [0.05, 0.1) is 17.7 Å². The minimum atomic E-state index is -0.303. The van der Waals surface area contributed by atoms with Crippen molar-refractivity contribution in [2.75, 3.05) is 0 Å². The fraction of sp³-hybridized carbons (Fsp3) is 0.533. The molecule has 1 aromatic rings. The molecule has 2 aliphatic rings. The summed E-state index contributed by atoms with van der Waals surface area (Å²) in [6.45, 7) is 11.2. The quantitative estimate of drug-likeness (QED) is 0.722. The van der Waals surface area contributed by atoms with Gasteiger partial charge in [-0.3, -0.25) is 4.99 Å². The first kappa shape index (κ1) is 12.9. The number of nitrogens with zero attached hydrogens (tertiary/aromatic N) is 1. The minimum absolute atomic E-state index is 0.301. The van der Waals surface area contributed by atoms with Crippen LogP contribution in [0.2, 0.25) is 0 Å². The van der Waals surface area contributed by atoms with Crippen LogP contribution in [0.25, 0.3) is 0 Å². The molecule has 3 rings (SSSR count). The van der Waals surface area contributed by atoms with E-state index in [1.807, 2.05) is 6.21 Å². The van der Waals surface area contributed by atoms with Gasteiger partial charge in [-0.25, -0.2) is 0 Å². The molecule has 100 valence electrons. The average Bonchev–Trinajstić information content (AvgIpc) is 2.81. The van der Waals surface area contributed by atoms with Crippen LogP contribution in [-0.2, 0) is 15.9 Å². The lowest BCUT2D eigenvalue weighted by atomic mass is 9.72. The van der Waals surface area contributed by atoms with E-state index in [4.69, 9.17) is 9.31 Å². The molecule has 0 amide bonds. The third-order valence-electron chi connectivity index (χ3n) is 4.57. The molecule has 0 radical (unpaired) electrons. The molecule has 4 heteroatoms. The van der Waals surface area contributed by atoms with Crippen LogP contribution in [0.4, 0.5) is 0 Å². The van der Waals surface area contributed by atoms with E-state index in [1.54, 1.807) is 0 Å². The molecule has 0 aromatic heterocycles. The topological polar surface area (TPSA) is 30.8 Å². The number of aryl methyl sites for hydroxylation is 1. The predicted octanol–water partition coefficient (Wildman–Crippen LogP) is 2.23. The van der Waals surface area contributed by atoms with Gasteiger partial charge in [0.1, 0.15) is 0 Å². The molecular weight excluding hydrogens is 237 g/mol. The highest BCUT2D eigenvalue weighted by Crippen LogP contribution is 2.37. The van der Waals surface area contributed by atoms with Crippen molar-refractivity contribution < 1.29 is 9.31 Å². The summed E-state index contributed by atoms with van der Waals surface area (Å²) >= 11 is 0. The summed E-state index contributed by atoms with van der Waals surface area (Å²) in [5.41, 5.74) is 4.17. The minimum Gasteiger partial charge on any atom is -0.399 e. The van der Waals surface area contributed by atoms with Crippen LogP contribution in [-0.4, -0.2) is 24.5 Å². The maximum atomic E-state index is 6.17. The number of hydrogen-bond acceptors (Lipinski definition) is 3. The Hall–Kier alpha value is -1.13. The molecule has 0 unspecified atom stereocenters. The van der Waals surface area contributed by atoms with E-state index in [1.165, 1.54) is 16.7 Å². The van der Waals surface area contributed by atoms with E-state index in [-0.39, 0.29) is 18.3 Å². The van der Waals surface area contributed by atoms with Gasteiger partial charge in [0.2, 0.25) is 0 Å². The standard InChI is InChI=1S/C15H20BNO2/c1-10-6-7-11-8-17-9-12(11)13(10)16-18-14(2,3)15(4,5)19-16/h6-7,9H,8H2,1-5H3. The van der Waals surface area contributed by atoms with E-state index in [2.05, 4.69) is 51.7 Å². The number of fused-ring (bicyclic) bond motifs is 1. The van der Waals surface area contributed by atoms with Crippen molar-refractivity contribution in [2.24, 2.45) is 4.99 Å². The SMILES string of the molecule is Cc1ccc2c(c1B1OC(C)(C)C(C)(C)O1)C=NC2. The lowest BCUT2D eigenvalue weighted by Gasteiger charge is -2.32. The van der Waals surface area contributed by atoms with Crippen LogP contribution >= 0.6 is 0 Å². The lowest BCUT2D eigenvalue weighted by molar-refractivity contribution is 0.00578. The van der Waals surface area contributed by atoms with Gasteiger partial charge in [-0.2, -0.15) is 0 Å². The zero-order valence-electron chi connectivity index (χ0n) is 12.3. The molecule has 1 aromatic carbocycles. The van der Waals surface area contributed by atoms with Gasteiger partial charge in [-0.15, -0.1) is 0 Å². The Balaban J connectivity index is 2.06. The summed E-state index contributed by atoms with van der Waals surface area (Å²) in [7, 11) is -0.301. The lowest BCUT2D eigenvalue weighted by Crippen LogP contribution is -2.41. The molecule has 1 saturated heterocycles. The molecular formula is C15H20BNO2. The third kappa shape index (κ3) is 1.85. The average molecular weight is 257 g/mol. The van der Waals surface area contributed by atoms with Gasteiger partial charge in [0, 0.05) is 6.21 Å². The summed E-state index contributed by atoms with van der Waals surface area (Å²) in [5, 5.41) is 0. The van der Waals surface area contributed by atoms with Crippen molar-refractivity contribution in [1.29, 1.82) is 0 Å². The van der Waals surface area contributed by atoms with Crippen LogP contribution in [0.3, 0.4) is 0 Å². The van der Waals surface area contributed by atoms with Gasteiger partial charge in [-0.1, -0.05) is 17.7 Å². The number of benzene rings is 1. The first-order chi connectivity index (χ1) is 8.82. The maximum absolute atomic E-state index is 6.17. The Morgan fingerprint density at radius 3 is 2.37 bits per heavy atom. The van der Waals surface area contributed by atoms with Gasteiger partial charge < -0.3 is 9.31 Å². The number of aliphatic imine (C=N–C) groups is 1. The zero-order valence-corrected chi connectivity index (χ0v) is 12.3. The molecule has 19 heavy (non-hydrogen) atoms. The Morgan fingerprint density at radius 1 is 1.11 bits per heavy atom. The first-order valence-corrected chi connectivity index (χ1v) is 6.80. The Bertz CT molecular complexity index is 548. The van der Waals surface area contributed by atoms with Gasteiger partial charge in [-0.05, 0) is 51.2 Å². The highest BCUT2D eigenvalue weighted by Gasteiger charge is 2.52. The van der Waals surface area contributed by atoms with Crippen LogP contribution in [0.5, 0.6) is 0 Å². The van der Waals surface area contributed by atoms with E-state index in [0.29, 0.717) is 0 Å². The molecule has 3 nitrogen and oxygen atoms in total. The molecule has 0 atom stereocenters. The normalized spacial score (nSPS) is 22.9. The van der Waals surface area contributed by atoms with Crippen molar-refractivity contribution in [2.45, 2.75) is 52.4 Å². The Labute approximate surface area is 115 Å². The molecule has 0 aliphatic carbocycles. The van der Waals surface area contributed by atoms with Crippen LogP contribution in [0, 0.1) is 6.92 Å². The fourth-order valence-corrected chi connectivity index (χ4v) is 2.59. The molecule has 2 heterocycles. The summed E-state index contributed by atoms with van der Waals surface area (Å²) in [6.07, 6.45) is 1.95. The number of hydrogen-bond donors (Lipinski definition) is 0. The fourth-order valence-electron chi connectivity index (χ4n) is 2.59. The van der Waals surface area contributed by atoms with E-state index < -0.39 is 0 Å². The second-order valence-corrected chi connectivity index (χ2v) is 6.43. The highest BCUT2D eigenvalue weighted by molar-refractivity contribution is 6.64. The molecule has 0 N–H and O–H groups in total. The van der Waals surface area contributed by atoms with Crippen molar-refractivity contribution in [3.05, 3.63) is 28.8 Å². The molecule has 0 bridgehead atoms. The van der Waals surface area contributed by atoms with E-state index in [0.717, 1.165) is 12.0 Å². The summed E-state index contributed by atoms with van der Waals surface area (Å²) < 4.78 is 12.3. The van der Waals surface area contributed by atoms with E-state index in [9.17, 15) is 0 Å². The highest BCUT2D eigenvalue weighted by atomic mass is 16.7. The molecule has 2 aliphatic heterocycles. The Kier molecular flexibility index (Phi) is 2.67. The monoisotopic (exact) mass is 257 g/mol. The smallest absolute Gasteiger partial charge is 0.399 e. The van der Waals surface area contributed by atoms with Gasteiger partial charge in [0.25, 0.3) is 0 Å². The zero-order chi connectivity index (χ0) is 13.8. The predicted molar refractivity (Wildman–Crippen MR) is 78.2 cm³/mol. The second-order valence-electron chi connectivity index (χ2n) is 6.43. The summed E-state index contributed by atoms with van der Waals surface area (Å²) in [5.74, 6) is 0. The largest absolute Gasteiger partial charge is 0.495 e. The van der Waals surface area contributed by atoms with Crippen molar-refractivity contribution in [3.63, 3.8) is 0 Å². The third-order valence-corrected chi connectivity index (χ3v) is 4.57. The number of rotatable bonds is 1. The first-order valence-electron chi connectivity index (χ1n) is 6.80.